The van der Waals surface area contributed by atoms with Gasteiger partial charge in [-0.2, -0.15) is 0 Å². The first-order valence-electron chi connectivity index (χ1n) is 6.83. The third kappa shape index (κ3) is 6.89. The maximum atomic E-state index is 11.8. The van der Waals surface area contributed by atoms with Crippen LogP contribution in [0.1, 0.15) is 30.1 Å². The number of anilines is 1. The first-order valence-corrected chi connectivity index (χ1v) is 6.83. The molecule has 0 atom stereocenters. The number of hydrogen-bond donors (Lipinski definition) is 4. The number of carboxylic acid groups (broad SMARTS) is 1. The summed E-state index contributed by atoms with van der Waals surface area (Å²) in [5.74, 6) is -2.73. The SMILES string of the molecule is CCCC(=O)Nc1ccc(C(=O)NNC(=O)/C=C/C(=O)O)cc1. The van der Waals surface area contributed by atoms with E-state index in [9.17, 15) is 19.2 Å². The van der Waals surface area contributed by atoms with E-state index in [2.05, 4.69) is 10.7 Å². The highest BCUT2D eigenvalue weighted by Crippen LogP contribution is 2.10. The van der Waals surface area contributed by atoms with Gasteiger partial charge in [0, 0.05) is 29.8 Å². The van der Waals surface area contributed by atoms with Gasteiger partial charge in [-0.05, 0) is 30.7 Å². The molecule has 1 aromatic rings. The van der Waals surface area contributed by atoms with Crippen LogP contribution in [-0.4, -0.2) is 28.8 Å². The van der Waals surface area contributed by atoms with Gasteiger partial charge in [0.05, 0.1) is 0 Å². The van der Waals surface area contributed by atoms with Crippen molar-refractivity contribution < 1.29 is 24.3 Å². The number of carbonyl (C=O) groups excluding carboxylic acids is 3. The molecule has 0 aliphatic rings. The van der Waals surface area contributed by atoms with E-state index in [1.165, 1.54) is 12.1 Å². The van der Waals surface area contributed by atoms with Crippen molar-refractivity contribution in [3.8, 4) is 0 Å². The van der Waals surface area contributed by atoms with E-state index < -0.39 is 17.8 Å². The lowest BCUT2D eigenvalue weighted by atomic mass is 10.2. The zero-order chi connectivity index (χ0) is 17.2. The summed E-state index contributed by atoms with van der Waals surface area (Å²) < 4.78 is 0. The molecule has 23 heavy (non-hydrogen) atoms. The van der Waals surface area contributed by atoms with Crippen molar-refractivity contribution in [3.63, 3.8) is 0 Å². The number of carbonyl (C=O) groups is 4. The Labute approximate surface area is 132 Å². The van der Waals surface area contributed by atoms with Crippen LogP contribution < -0.4 is 16.2 Å². The fourth-order valence-electron chi connectivity index (χ4n) is 1.53. The molecule has 0 saturated carbocycles. The molecule has 1 rings (SSSR count). The topological polar surface area (TPSA) is 125 Å². The second kappa shape index (κ2) is 8.98. The van der Waals surface area contributed by atoms with E-state index in [0.29, 0.717) is 18.2 Å². The van der Waals surface area contributed by atoms with E-state index in [0.717, 1.165) is 12.5 Å². The Morgan fingerprint density at radius 2 is 1.70 bits per heavy atom. The van der Waals surface area contributed by atoms with Crippen molar-refractivity contribution in [1.29, 1.82) is 0 Å². The van der Waals surface area contributed by atoms with E-state index >= 15 is 0 Å². The van der Waals surface area contributed by atoms with Crippen LogP contribution in [-0.2, 0) is 14.4 Å². The first-order chi connectivity index (χ1) is 10.9. The smallest absolute Gasteiger partial charge is 0.328 e. The molecule has 0 saturated heterocycles. The van der Waals surface area contributed by atoms with Gasteiger partial charge in [-0.1, -0.05) is 6.92 Å². The second-order valence-corrected chi connectivity index (χ2v) is 4.49. The summed E-state index contributed by atoms with van der Waals surface area (Å²) in [6.45, 7) is 1.90. The normalized spacial score (nSPS) is 10.1. The summed E-state index contributed by atoms with van der Waals surface area (Å²) in [6, 6.07) is 6.09. The molecule has 122 valence electrons. The number of hydrogen-bond acceptors (Lipinski definition) is 4. The molecule has 3 amide bonds. The summed E-state index contributed by atoms with van der Waals surface area (Å²) in [5.41, 5.74) is 5.00. The predicted molar refractivity (Wildman–Crippen MR) is 82.4 cm³/mol. The fourth-order valence-corrected chi connectivity index (χ4v) is 1.53. The molecule has 0 radical (unpaired) electrons. The van der Waals surface area contributed by atoms with Crippen LogP contribution in [0.2, 0.25) is 0 Å². The van der Waals surface area contributed by atoms with Crippen molar-refractivity contribution in [2.75, 3.05) is 5.32 Å². The van der Waals surface area contributed by atoms with E-state index in [1.54, 1.807) is 12.1 Å². The molecule has 0 aliphatic heterocycles. The Hall–Kier alpha value is -3.16. The van der Waals surface area contributed by atoms with Gasteiger partial charge >= 0.3 is 5.97 Å². The predicted octanol–water partition coefficient (Wildman–Crippen LogP) is 0.827. The number of carboxylic acids is 1. The van der Waals surface area contributed by atoms with Gasteiger partial charge in [0.2, 0.25) is 5.91 Å². The average Bonchev–Trinajstić information content (AvgIpc) is 2.51. The second-order valence-electron chi connectivity index (χ2n) is 4.49. The molecule has 0 fully saturated rings. The Balaban J connectivity index is 2.52. The van der Waals surface area contributed by atoms with Gasteiger partial charge in [0.1, 0.15) is 0 Å². The molecule has 1 aromatic carbocycles. The number of benzene rings is 1. The summed E-state index contributed by atoms with van der Waals surface area (Å²) in [5, 5.41) is 11.0. The molecule has 0 heterocycles. The van der Waals surface area contributed by atoms with Crippen LogP contribution in [0, 0.1) is 0 Å². The third-order valence-electron chi connectivity index (χ3n) is 2.58. The summed E-state index contributed by atoms with van der Waals surface area (Å²) in [7, 11) is 0. The Bertz CT molecular complexity index is 623. The summed E-state index contributed by atoms with van der Waals surface area (Å²) in [4.78, 5) is 44.6. The minimum Gasteiger partial charge on any atom is -0.478 e. The molecule has 0 spiro atoms. The standard InChI is InChI=1S/C15H17N3O5/c1-2-3-12(19)16-11-6-4-10(5-7-11)15(23)18-17-13(20)8-9-14(21)22/h4-9H,2-3H2,1H3,(H,16,19)(H,17,20)(H,18,23)(H,21,22)/b9-8+. The number of hydrazine groups is 1. The van der Waals surface area contributed by atoms with Gasteiger partial charge < -0.3 is 10.4 Å². The van der Waals surface area contributed by atoms with Crippen LogP contribution in [0.5, 0.6) is 0 Å². The van der Waals surface area contributed by atoms with Gasteiger partial charge in [-0.15, -0.1) is 0 Å². The fraction of sp³-hybridized carbons (Fsp3) is 0.200. The van der Waals surface area contributed by atoms with Crippen LogP contribution in [0.25, 0.3) is 0 Å². The maximum absolute atomic E-state index is 11.8. The lowest BCUT2D eigenvalue weighted by Gasteiger charge is -2.07. The molecular formula is C15H17N3O5. The zero-order valence-electron chi connectivity index (χ0n) is 12.5. The lowest BCUT2D eigenvalue weighted by molar-refractivity contribution is -0.131. The highest BCUT2D eigenvalue weighted by Gasteiger charge is 2.07. The van der Waals surface area contributed by atoms with Gasteiger partial charge in [-0.25, -0.2) is 4.79 Å². The van der Waals surface area contributed by atoms with Crippen molar-refractivity contribution in [2.24, 2.45) is 0 Å². The van der Waals surface area contributed by atoms with Crippen LogP contribution >= 0.6 is 0 Å². The van der Waals surface area contributed by atoms with Gasteiger partial charge in [0.25, 0.3) is 11.8 Å². The van der Waals surface area contributed by atoms with Gasteiger partial charge in [0.15, 0.2) is 0 Å². The van der Waals surface area contributed by atoms with Crippen LogP contribution in [0.15, 0.2) is 36.4 Å². The Morgan fingerprint density at radius 3 is 2.26 bits per heavy atom. The van der Waals surface area contributed by atoms with E-state index in [4.69, 9.17) is 5.11 Å². The lowest BCUT2D eigenvalue weighted by Crippen LogP contribution is -2.40. The highest BCUT2D eigenvalue weighted by atomic mass is 16.4. The largest absolute Gasteiger partial charge is 0.478 e. The van der Waals surface area contributed by atoms with Crippen molar-refractivity contribution in [1.82, 2.24) is 10.9 Å². The summed E-state index contributed by atoms with van der Waals surface area (Å²) >= 11 is 0. The Morgan fingerprint density at radius 1 is 1.04 bits per heavy atom. The minimum atomic E-state index is -1.27. The molecule has 0 aromatic heterocycles. The summed E-state index contributed by atoms with van der Waals surface area (Å²) in [6.07, 6.45) is 2.57. The number of aliphatic carboxylic acids is 1. The van der Waals surface area contributed by atoms with Crippen LogP contribution in [0.3, 0.4) is 0 Å². The third-order valence-corrected chi connectivity index (χ3v) is 2.58. The Kier molecular flexibility index (Phi) is 6.99. The molecule has 8 heteroatoms. The quantitative estimate of drug-likeness (QED) is 0.456. The first kappa shape index (κ1) is 17.9. The number of rotatable bonds is 6. The number of nitrogens with one attached hydrogen (secondary N) is 3. The molecule has 0 aliphatic carbocycles. The van der Waals surface area contributed by atoms with Crippen molar-refractivity contribution >= 4 is 29.4 Å². The average molecular weight is 319 g/mol. The monoisotopic (exact) mass is 319 g/mol. The van der Waals surface area contributed by atoms with Crippen LogP contribution in [0.4, 0.5) is 5.69 Å². The van der Waals surface area contributed by atoms with E-state index in [1.807, 2.05) is 12.3 Å². The molecule has 4 N–H and O–H groups in total. The molecule has 0 bridgehead atoms. The molecule has 8 nitrogen and oxygen atoms in total. The zero-order valence-corrected chi connectivity index (χ0v) is 12.5. The minimum absolute atomic E-state index is 0.109. The van der Waals surface area contributed by atoms with Crippen molar-refractivity contribution in [3.05, 3.63) is 42.0 Å². The molecule has 0 unspecified atom stereocenters. The number of amides is 3. The highest BCUT2D eigenvalue weighted by molar-refractivity contribution is 5.99. The molecular weight excluding hydrogens is 302 g/mol. The maximum Gasteiger partial charge on any atom is 0.328 e. The van der Waals surface area contributed by atoms with E-state index in [-0.39, 0.29) is 11.5 Å². The van der Waals surface area contributed by atoms with Gasteiger partial charge in [-0.3, -0.25) is 25.2 Å². The van der Waals surface area contributed by atoms with Crippen molar-refractivity contribution in [2.45, 2.75) is 19.8 Å².